The van der Waals surface area contributed by atoms with Crippen LogP contribution >= 0.6 is 0 Å². The van der Waals surface area contributed by atoms with Crippen LogP contribution in [-0.2, 0) is 14.3 Å². The fourth-order valence-electron chi connectivity index (χ4n) is 2.53. The van der Waals surface area contributed by atoms with Gasteiger partial charge in [-0.05, 0) is 24.7 Å². The third-order valence-electron chi connectivity index (χ3n) is 3.50. The molecule has 0 saturated heterocycles. The van der Waals surface area contributed by atoms with Crippen molar-refractivity contribution in [3.8, 4) is 0 Å². The first-order valence-electron chi connectivity index (χ1n) is 5.32. The molecule has 0 aliphatic heterocycles. The number of hydrogen-bond acceptors (Lipinski definition) is 3. The van der Waals surface area contributed by atoms with E-state index in [1.165, 1.54) is 7.11 Å². The van der Waals surface area contributed by atoms with Crippen LogP contribution in [0.3, 0.4) is 0 Å². The number of Topliss-reactive ketones (excluding diaryl/α,β-unsaturated/α-hetero) is 1. The lowest BCUT2D eigenvalue weighted by Crippen LogP contribution is -2.35. The normalized spacial score (nSPS) is 30.3. The van der Waals surface area contributed by atoms with E-state index in [1.54, 1.807) is 6.08 Å². The van der Waals surface area contributed by atoms with E-state index in [-0.39, 0.29) is 17.2 Å². The highest BCUT2D eigenvalue weighted by Crippen LogP contribution is 2.47. The summed E-state index contributed by atoms with van der Waals surface area (Å²) < 4.78 is 4.71. The number of allylic oxidation sites excluding steroid dienone is 1. The molecule has 1 saturated carbocycles. The van der Waals surface area contributed by atoms with Crippen LogP contribution in [-0.4, -0.2) is 18.9 Å². The van der Waals surface area contributed by atoms with Crippen LogP contribution < -0.4 is 0 Å². The molecule has 0 heterocycles. The number of carbonyl (C=O) groups is 2. The molecular formula is C12H18O3. The number of hydrogen-bond donors (Lipinski definition) is 0. The van der Waals surface area contributed by atoms with Gasteiger partial charge in [0.25, 0.3) is 0 Å². The maximum absolute atomic E-state index is 11.7. The highest BCUT2D eigenvalue weighted by molar-refractivity contribution is 6.01. The largest absolute Gasteiger partial charge is 0.468 e. The third kappa shape index (κ3) is 1.96. The van der Waals surface area contributed by atoms with Crippen LogP contribution in [0.1, 0.15) is 32.6 Å². The summed E-state index contributed by atoms with van der Waals surface area (Å²) in [5.74, 6) is -0.947. The monoisotopic (exact) mass is 210 g/mol. The van der Waals surface area contributed by atoms with Crippen LogP contribution in [0.25, 0.3) is 0 Å². The molecule has 1 aliphatic rings. The Morgan fingerprint density at radius 1 is 1.73 bits per heavy atom. The second-order valence-corrected chi connectivity index (χ2v) is 4.13. The molecule has 0 bridgehead atoms. The average Bonchev–Trinajstić information content (AvgIpc) is 2.56. The molecule has 15 heavy (non-hydrogen) atoms. The molecule has 0 aromatic heterocycles. The van der Waals surface area contributed by atoms with Gasteiger partial charge in [-0.1, -0.05) is 13.0 Å². The average molecular weight is 210 g/mol. The maximum atomic E-state index is 11.7. The second kappa shape index (κ2) is 4.60. The van der Waals surface area contributed by atoms with Gasteiger partial charge in [-0.3, -0.25) is 9.59 Å². The van der Waals surface area contributed by atoms with Crippen LogP contribution in [0.4, 0.5) is 0 Å². The van der Waals surface area contributed by atoms with Gasteiger partial charge in [0, 0.05) is 6.42 Å². The lowest BCUT2D eigenvalue weighted by Gasteiger charge is -2.30. The summed E-state index contributed by atoms with van der Waals surface area (Å²) in [4.78, 5) is 23.3. The van der Waals surface area contributed by atoms with Crippen molar-refractivity contribution in [2.75, 3.05) is 7.11 Å². The molecule has 2 atom stereocenters. The molecule has 0 spiro atoms. The van der Waals surface area contributed by atoms with E-state index in [0.717, 1.165) is 12.8 Å². The zero-order chi connectivity index (χ0) is 11.5. The minimum Gasteiger partial charge on any atom is -0.468 e. The molecule has 1 aliphatic carbocycles. The smallest absolute Gasteiger partial charge is 0.316 e. The van der Waals surface area contributed by atoms with Crippen molar-refractivity contribution in [3.63, 3.8) is 0 Å². The van der Waals surface area contributed by atoms with Gasteiger partial charge < -0.3 is 4.74 Å². The summed E-state index contributed by atoms with van der Waals surface area (Å²) in [5, 5.41) is 0. The summed E-state index contributed by atoms with van der Waals surface area (Å²) in [6, 6.07) is 0. The molecule has 0 aromatic rings. The number of methoxy groups -OCH3 is 1. The van der Waals surface area contributed by atoms with Crippen molar-refractivity contribution < 1.29 is 14.3 Å². The Morgan fingerprint density at radius 2 is 2.40 bits per heavy atom. The van der Waals surface area contributed by atoms with Crippen molar-refractivity contribution in [1.29, 1.82) is 0 Å². The van der Waals surface area contributed by atoms with Gasteiger partial charge in [0.1, 0.15) is 11.7 Å². The summed E-state index contributed by atoms with van der Waals surface area (Å²) in [7, 11) is 1.34. The lowest BCUT2D eigenvalue weighted by atomic mass is 9.73. The zero-order valence-corrected chi connectivity index (χ0v) is 9.41. The van der Waals surface area contributed by atoms with Gasteiger partial charge in [0.05, 0.1) is 7.11 Å². The Kier molecular flexibility index (Phi) is 3.66. The van der Waals surface area contributed by atoms with Crippen molar-refractivity contribution in [3.05, 3.63) is 12.7 Å². The van der Waals surface area contributed by atoms with Crippen molar-refractivity contribution >= 4 is 11.8 Å². The summed E-state index contributed by atoms with van der Waals surface area (Å²) in [5.41, 5.74) is -0.244. The van der Waals surface area contributed by atoms with Crippen LogP contribution in [0.2, 0.25) is 0 Å². The van der Waals surface area contributed by atoms with Gasteiger partial charge in [-0.15, -0.1) is 6.58 Å². The molecule has 0 radical (unpaired) electrons. The van der Waals surface area contributed by atoms with Gasteiger partial charge in [0.2, 0.25) is 0 Å². The molecular weight excluding hydrogens is 192 g/mol. The Bertz CT molecular complexity index is 283. The summed E-state index contributed by atoms with van der Waals surface area (Å²) in [6.45, 7) is 5.71. The van der Waals surface area contributed by atoms with E-state index in [1.807, 2.05) is 6.92 Å². The molecule has 3 nitrogen and oxygen atoms in total. The van der Waals surface area contributed by atoms with E-state index < -0.39 is 5.92 Å². The third-order valence-corrected chi connectivity index (χ3v) is 3.50. The number of ketones is 1. The first-order chi connectivity index (χ1) is 7.11. The molecule has 1 rings (SSSR count). The topological polar surface area (TPSA) is 43.4 Å². The first kappa shape index (κ1) is 12.0. The van der Waals surface area contributed by atoms with Crippen LogP contribution in [0.5, 0.6) is 0 Å². The fraction of sp³-hybridized carbons (Fsp3) is 0.667. The zero-order valence-electron chi connectivity index (χ0n) is 9.41. The number of carbonyl (C=O) groups excluding carboxylic acids is 2. The van der Waals surface area contributed by atoms with Gasteiger partial charge in [-0.2, -0.15) is 0 Å². The Morgan fingerprint density at radius 3 is 2.87 bits per heavy atom. The maximum Gasteiger partial charge on any atom is 0.316 e. The van der Waals surface area contributed by atoms with Gasteiger partial charge >= 0.3 is 5.97 Å². The van der Waals surface area contributed by atoms with Crippen LogP contribution in [0, 0.1) is 11.3 Å². The Balaban J connectivity index is 2.99. The summed E-state index contributed by atoms with van der Waals surface area (Å²) in [6.07, 6.45) is 4.56. The van der Waals surface area contributed by atoms with Crippen molar-refractivity contribution in [2.45, 2.75) is 32.6 Å². The van der Waals surface area contributed by atoms with Gasteiger partial charge in [0.15, 0.2) is 0 Å². The molecule has 1 fully saturated rings. The molecule has 0 aromatic carbocycles. The molecule has 3 heteroatoms. The number of rotatable bonds is 4. The molecule has 0 amide bonds. The second-order valence-electron chi connectivity index (χ2n) is 4.13. The van der Waals surface area contributed by atoms with E-state index >= 15 is 0 Å². The quantitative estimate of drug-likeness (QED) is 0.405. The van der Waals surface area contributed by atoms with Crippen molar-refractivity contribution in [1.82, 2.24) is 0 Å². The van der Waals surface area contributed by atoms with Gasteiger partial charge in [-0.25, -0.2) is 0 Å². The fourth-order valence-corrected chi connectivity index (χ4v) is 2.53. The Labute approximate surface area is 90.5 Å². The minimum atomic E-state index is -0.578. The van der Waals surface area contributed by atoms with E-state index in [4.69, 9.17) is 4.74 Å². The van der Waals surface area contributed by atoms with Crippen molar-refractivity contribution in [2.24, 2.45) is 11.3 Å². The van der Waals surface area contributed by atoms with E-state index in [9.17, 15) is 9.59 Å². The van der Waals surface area contributed by atoms with E-state index in [0.29, 0.717) is 12.8 Å². The number of ether oxygens (including phenoxy) is 1. The predicted molar refractivity (Wildman–Crippen MR) is 57.3 cm³/mol. The minimum absolute atomic E-state index is 0.0190. The van der Waals surface area contributed by atoms with E-state index in [2.05, 4.69) is 6.58 Å². The van der Waals surface area contributed by atoms with Crippen LogP contribution in [0.15, 0.2) is 12.7 Å². The molecule has 2 unspecified atom stereocenters. The SMILES string of the molecule is C=CCC1(CC)CCC(=O)C1C(=O)OC. The molecule has 84 valence electrons. The molecule has 0 N–H and O–H groups in total. The summed E-state index contributed by atoms with van der Waals surface area (Å²) >= 11 is 0. The standard InChI is InChI=1S/C12H18O3/c1-4-7-12(5-2)8-6-9(13)10(12)11(14)15-3/h4,10H,1,5-8H2,2-3H3. The highest BCUT2D eigenvalue weighted by Gasteiger charge is 2.50. The predicted octanol–water partition coefficient (Wildman–Crippen LogP) is 2.11. The number of esters is 1. The first-order valence-corrected chi connectivity index (χ1v) is 5.32. The Hall–Kier alpha value is -1.12. The lowest BCUT2D eigenvalue weighted by molar-refractivity contribution is -0.152. The highest BCUT2D eigenvalue weighted by atomic mass is 16.5.